The van der Waals surface area contributed by atoms with Crippen molar-refractivity contribution < 1.29 is 5.11 Å². The maximum absolute atomic E-state index is 12.9. The molecule has 1 unspecified atom stereocenters. The highest BCUT2D eigenvalue weighted by Crippen LogP contribution is 2.30. The number of nitrogens with one attached hydrogen (secondary N) is 4. The lowest BCUT2D eigenvalue weighted by Gasteiger charge is -2.29. The first-order chi connectivity index (χ1) is 17.5. The number of aryl methyl sites for hydroxylation is 1. The Morgan fingerprint density at radius 3 is 2.86 bits per heavy atom. The van der Waals surface area contributed by atoms with E-state index in [4.69, 9.17) is 16.6 Å². The van der Waals surface area contributed by atoms with Gasteiger partial charge in [-0.3, -0.25) is 4.79 Å². The molecule has 0 aliphatic carbocycles. The largest absolute Gasteiger partial charge is 0.387 e. The molecule has 0 bridgehead atoms. The number of pyridine rings is 1. The van der Waals surface area contributed by atoms with Gasteiger partial charge in [0, 0.05) is 49.5 Å². The maximum atomic E-state index is 12.9. The number of hydrogen-bond acceptors (Lipinski definition) is 7. The summed E-state index contributed by atoms with van der Waals surface area (Å²) in [4.78, 5) is 27.2. The molecule has 10 heteroatoms. The van der Waals surface area contributed by atoms with Gasteiger partial charge in [0.15, 0.2) is 0 Å². The molecule has 2 aromatic carbocycles. The molecule has 4 aromatic rings. The highest BCUT2D eigenvalue weighted by Gasteiger charge is 2.18. The van der Waals surface area contributed by atoms with E-state index in [0.717, 1.165) is 58.9 Å². The number of fused-ring (bicyclic) bond motifs is 1. The normalized spacial score (nSPS) is 14.8. The van der Waals surface area contributed by atoms with Crippen LogP contribution in [0.25, 0.3) is 22.4 Å². The van der Waals surface area contributed by atoms with Crippen LogP contribution < -0.4 is 21.1 Å². The Labute approximate surface area is 218 Å². The number of benzene rings is 2. The van der Waals surface area contributed by atoms with Gasteiger partial charge in [0.25, 0.3) is 5.56 Å². The Kier molecular flexibility index (Phi) is 7.52. The molecule has 0 amide bonds. The number of anilines is 2. The molecule has 8 nitrogen and oxygen atoms in total. The van der Waals surface area contributed by atoms with E-state index < -0.39 is 6.10 Å². The van der Waals surface area contributed by atoms with E-state index in [1.165, 1.54) is 11.8 Å². The monoisotopic (exact) mass is 524 g/mol. The quantitative estimate of drug-likeness (QED) is 0.175. The van der Waals surface area contributed by atoms with E-state index in [1.807, 2.05) is 31.2 Å². The molecule has 1 aliphatic rings. The van der Waals surface area contributed by atoms with Crippen molar-refractivity contribution in [2.45, 2.75) is 17.9 Å². The summed E-state index contributed by atoms with van der Waals surface area (Å²) in [6.07, 6.45) is 0.835. The minimum atomic E-state index is -0.757. The zero-order chi connectivity index (χ0) is 25.1. The van der Waals surface area contributed by atoms with Crippen LogP contribution in [-0.4, -0.2) is 58.0 Å². The highest BCUT2D eigenvalue weighted by molar-refractivity contribution is 8.00. The number of halogens is 1. The van der Waals surface area contributed by atoms with Crippen LogP contribution in [0.1, 0.15) is 17.2 Å². The van der Waals surface area contributed by atoms with Crippen LogP contribution in [0.3, 0.4) is 0 Å². The molecular formula is C26H29ClN6O2S. The van der Waals surface area contributed by atoms with Crippen molar-refractivity contribution in [2.75, 3.05) is 48.2 Å². The number of nitrogens with zero attached hydrogens (tertiary/aromatic N) is 2. The maximum Gasteiger partial charge on any atom is 0.261 e. The number of aromatic nitrogens is 3. The number of hydrogen-bond donors (Lipinski definition) is 5. The molecule has 1 aliphatic heterocycles. The fourth-order valence-corrected chi connectivity index (χ4v) is 5.45. The number of imidazole rings is 1. The highest BCUT2D eigenvalue weighted by atomic mass is 35.5. The summed E-state index contributed by atoms with van der Waals surface area (Å²) >= 11 is 7.33. The van der Waals surface area contributed by atoms with E-state index in [2.05, 4.69) is 37.6 Å². The zero-order valence-electron chi connectivity index (χ0n) is 20.0. The van der Waals surface area contributed by atoms with Crippen molar-refractivity contribution in [3.05, 3.63) is 70.1 Å². The van der Waals surface area contributed by atoms with Gasteiger partial charge in [-0.2, -0.15) is 0 Å². The van der Waals surface area contributed by atoms with Gasteiger partial charge in [-0.25, -0.2) is 4.98 Å². The standard InChI is InChI=1S/C26H29ClN6O2S/c1-16-11-18(33-9-7-28-8-10-33)13-21-24(16)32-25(31-21)23-20(5-6-29-26(23)35)30-14-22(34)17-3-2-4-19(12-17)36-15-27/h2-6,11-13,22,28,34H,7-10,14-15H2,1H3,(H,31,32)(H2,29,30,35). The lowest BCUT2D eigenvalue weighted by atomic mass is 10.1. The number of thioether (sulfide) groups is 1. The Balaban J connectivity index is 1.42. The topological polar surface area (TPSA) is 109 Å². The van der Waals surface area contributed by atoms with Crippen LogP contribution in [0.5, 0.6) is 0 Å². The second kappa shape index (κ2) is 11.0. The minimum absolute atomic E-state index is 0.234. The fourth-order valence-electron chi connectivity index (χ4n) is 4.56. The molecular weight excluding hydrogens is 496 g/mol. The molecule has 5 N–H and O–H groups in total. The Bertz CT molecular complexity index is 1420. The molecule has 0 saturated carbocycles. The van der Waals surface area contributed by atoms with Gasteiger partial charge < -0.3 is 30.6 Å². The van der Waals surface area contributed by atoms with Crippen molar-refractivity contribution in [1.82, 2.24) is 20.3 Å². The zero-order valence-corrected chi connectivity index (χ0v) is 21.5. The van der Waals surface area contributed by atoms with E-state index in [0.29, 0.717) is 22.3 Å². The van der Waals surface area contributed by atoms with E-state index in [1.54, 1.807) is 12.3 Å². The molecule has 36 heavy (non-hydrogen) atoms. The molecule has 188 valence electrons. The van der Waals surface area contributed by atoms with Gasteiger partial charge >= 0.3 is 0 Å². The second-order valence-corrected chi connectivity index (χ2v) is 10.4. The lowest BCUT2D eigenvalue weighted by Crippen LogP contribution is -2.43. The molecule has 5 rings (SSSR count). The average molecular weight is 525 g/mol. The summed E-state index contributed by atoms with van der Waals surface area (Å²) in [5.41, 5.74) is 5.47. The molecule has 2 aromatic heterocycles. The molecule has 1 atom stereocenters. The summed E-state index contributed by atoms with van der Waals surface area (Å²) < 4.78 is 0. The predicted molar refractivity (Wildman–Crippen MR) is 148 cm³/mol. The van der Waals surface area contributed by atoms with Crippen molar-refractivity contribution in [3.8, 4) is 11.4 Å². The summed E-state index contributed by atoms with van der Waals surface area (Å²) in [6.45, 7) is 6.10. The Morgan fingerprint density at radius 1 is 1.22 bits per heavy atom. The molecule has 3 heterocycles. The van der Waals surface area contributed by atoms with Crippen molar-refractivity contribution in [1.29, 1.82) is 0 Å². The first kappa shape index (κ1) is 24.7. The first-order valence-electron chi connectivity index (χ1n) is 11.9. The number of alkyl halides is 1. The Morgan fingerprint density at radius 2 is 2.06 bits per heavy atom. The summed E-state index contributed by atoms with van der Waals surface area (Å²) in [5.74, 6) is 0.491. The number of rotatable bonds is 8. The second-order valence-electron chi connectivity index (χ2n) is 8.80. The third kappa shape index (κ3) is 5.24. The van der Waals surface area contributed by atoms with E-state index >= 15 is 0 Å². The van der Waals surface area contributed by atoms with Gasteiger partial charge in [0.2, 0.25) is 0 Å². The van der Waals surface area contributed by atoms with Crippen molar-refractivity contribution in [3.63, 3.8) is 0 Å². The summed E-state index contributed by atoms with van der Waals surface area (Å²) in [7, 11) is 0. The third-order valence-corrected chi connectivity index (χ3v) is 7.42. The number of aliphatic hydroxyl groups excluding tert-OH is 1. The summed E-state index contributed by atoms with van der Waals surface area (Å²) in [6, 6.07) is 13.7. The lowest BCUT2D eigenvalue weighted by molar-refractivity contribution is 0.191. The molecule has 0 spiro atoms. The fraction of sp³-hybridized carbons (Fsp3) is 0.308. The van der Waals surface area contributed by atoms with Crippen molar-refractivity contribution in [2.24, 2.45) is 0 Å². The Hall–Kier alpha value is -2.98. The van der Waals surface area contributed by atoms with Crippen LogP contribution in [0.15, 0.2) is 58.4 Å². The van der Waals surface area contributed by atoms with Crippen LogP contribution >= 0.6 is 23.4 Å². The van der Waals surface area contributed by atoms with E-state index in [9.17, 15) is 9.90 Å². The number of piperazine rings is 1. The van der Waals surface area contributed by atoms with Gasteiger partial charge in [0.05, 0.1) is 28.0 Å². The SMILES string of the molecule is Cc1cc(N2CCNCC2)cc2[nH]c(-c3c(NCC(O)c4cccc(SCCl)c4)cc[nH]c3=O)nc12. The molecule has 1 saturated heterocycles. The van der Waals surface area contributed by atoms with Gasteiger partial charge in [-0.1, -0.05) is 12.1 Å². The predicted octanol–water partition coefficient (Wildman–Crippen LogP) is 4.07. The van der Waals surface area contributed by atoms with E-state index in [-0.39, 0.29) is 12.1 Å². The number of aromatic amines is 2. The smallest absolute Gasteiger partial charge is 0.261 e. The van der Waals surface area contributed by atoms with Crippen LogP contribution in [-0.2, 0) is 0 Å². The van der Waals surface area contributed by atoms with Gasteiger partial charge in [0.1, 0.15) is 11.4 Å². The van der Waals surface area contributed by atoms with Crippen LogP contribution in [0.4, 0.5) is 11.4 Å². The number of aliphatic hydroxyl groups is 1. The average Bonchev–Trinajstić information content (AvgIpc) is 3.32. The number of H-pyrrole nitrogens is 2. The molecule has 0 radical (unpaired) electrons. The first-order valence-corrected chi connectivity index (χ1v) is 13.4. The van der Waals surface area contributed by atoms with Crippen LogP contribution in [0.2, 0.25) is 0 Å². The van der Waals surface area contributed by atoms with Gasteiger partial charge in [-0.15, -0.1) is 23.4 Å². The summed E-state index contributed by atoms with van der Waals surface area (Å²) in [5, 5.41) is 17.9. The third-order valence-electron chi connectivity index (χ3n) is 6.39. The van der Waals surface area contributed by atoms with Crippen molar-refractivity contribution >= 4 is 45.8 Å². The molecule has 1 fully saturated rings. The van der Waals surface area contributed by atoms with Gasteiger partial charge in [-0.05, 0) is 48.4 Å². The minimum Gasteiger partial charge on any atom is -0.387 e. The van der Waals surface area contributed by atoms with Crippen LogP contribution in [0, 0.1) is 6.92 Å².